The second-order valence-corrected chi connectivity index (χ2v) is 11.7. The second-order valence-electron chi connectivity index (χ2n) is 9.69. The molecule has 0 radical (unpaired) electrons. The van der Waals surface area contributed by atoms with Crippen molar-refractivity contribution >= 4 is 39.2 Å². The maximum absolute atomic E-state index is 12.9. The molecule has 0 unspecified atom stereocenters. The van der Waals surface area contributed by atoms with Gasteiger partial charge in [-0.15, -0.1) is 0 Å². The molecule has 1 aromatic rings. The first-order chi connectivity index (χ1) is 17.8. The Morgan fingerprint density at radius 2 is 1.53 bits per heavy atom. The van der Waals surface area contributed by atoms with Gasteiger partial charge in [-0.3, -0.25) is 0 Å². The Morgan fingerprint density at radius 3 is 2.08 bits per heavy atom. The molecule has 11 nitrogen and oxygen atoms in total. The third-order valence-electron chi connectivity index (χ3n) is 5.80. The predicted molar refractivity (Wildman–Crippen MR) is 141 cm³/mol. The lowest BCUT2D eigenvalue weighted by Gasteiger charge is -2.38. The third kappa shape index (κ3) is 6.55. The minimum Gasteiger partial charge on any atom is -0.465 e. The van der Waals surface area contributed by atoms with E-state index in [1.54, 1.807) is 50.1 Å². The number of sulfone groups is 1. The van der Waals surface area contributed by atoms with Crippen LogP contribution in [-0.2, 0) is 33.6 Å². The fourth-order valence-electron chi connectivity index (χ4n) is 4.00. The lowest BCUT2D eigenvalue weighted by molar-refractivity contribution is -0.139. The number of nitrogens with zero attached hydrogens (tertiary/aromatic N) is 3. The van der Waals surface area contributed by atoms with Crippen molar-refractivity contribution in [2.75, 3.05) is 56.5 Å². The molecule has 0 aromatic heterocycles. The molecule has 206 valence electrons. The van der Waals surface area contributed by atoms with Gasteiger partial charge in [0, 0.05) is 38.6 Å². The van der Waals surface area contributed by atoms with Gasteiger partial charge in [-0.05, 0) is 51.1 Å². The van der Waals surface area contributed by atoms with E-state index in [0.717, 1.165) is 6.26 Å². The fraction of sp³-hybridized carbons (Fsp3) is 0.423. The summed E-state index contributed by atoms with van der Waals surface area (Å²) < 4.78 is 40.2. The van der Waals surface area contributed by atoms with E-state index in [0.29, 0.717) is 37.6 Å². The third-order valence-corrected chi connectivity index (χ3v) is 6.91. The van der Waals surface area contributed by atoms with Gasteiger partial charge in [0.15, 0.2) is 9.84 Å². The Morgan fingerprint density at radius 1 is 0.895 bits per heavy atom. The van der Waals surface area contributed by atoms with Crippen molar-refractivity contribution in [3.8, 4) is 0 Å². The van der Waals surface area contributed by atoms with E-state index in [1.807, 2.05) is 4.90 Å². The standard InChI is InChI=1S/C26H33N3O8S/c1-26(2,3)37-25(32)28-15-13-27(14-16-28)20-11-10-18(38(6,33)34)17-21(20)29-12-8-7-9-19(23(30)35-4)22(29)24(31)36-5/h7-12,17H,13-16H2,1-6H3. The highest BCUT2D eigenvalue weighted by atomic mass is 32.2. The van der Waals surface area contributed by atoms with Gasteiger partial charge < -0.3 is 28.9 Å². The molecule has 1 amide bonds. The van der Waals surface area contributed by atoms with Crippen molar-refractivity contribution in [1.29, 1.82) is 0 Å². The Bertz CT molecular complexity index is 1300. The van der Waals surface area contributed by atoms with Crippen LogP contribution >= 0.6 is 0 Å². The van der Waals surface area contributed by atoms with Gasteiger partial charge in [0.2, 0.25) is 0 Å². The summed E-state index contributed by atoms with van der Waals surface area (Å²) in [7, 11) is -1.23. The molecule has 0 spiro atoms. The van der Waals surface area contributed by atoms with Gasteiger partial charge in [-0.1, -0.05) is 6.08 Å². The first-order valence-corrected chi connectivity index (χ1v) is 13.8. The van der Waals surface area contributed by atoms with E-state index in [2.05, 4.69) is 0 Å². The van der Waals surface area contributed by atoms with Crippen LogP contribution in [0.1, 0.15) is 20.8 Å². The summed E-state index contributed by atoms with van der Waals surface area (Å²) in [4.78, 5) is 43.1. The van der Waals surface area contributed by atoms with E-state index in [4.69, 9.17) is 14.2 Å². The van der Waals surface area contributed by atoms with E-state index < -0.39 is 33.5 Å². The van der Waals surface area contributed by atoms with Gasteiger partial charge in [0.1, 0.15) is 11.3 Å². The Labute approximate surface area is 222 Å². The highest BCUT2D eigenvalue weighted by molar-refractivity contribution is 7.90. The number of piperazine rings is 1. The van der Waals surface area contributed by atoms with Crippen LogP contribution in [0.5, 0.6) is 0 Å². The lowest BCUT2D eigenvalue weighted by atomic mass is 10.1. The van der Waals surface area contributed by atoms with Crippen molar-refractivity contribution in [2.45, 2.75) is 31.3 Å². The number of hydrogen-bond donors (Lipinski definition) is 0. The Kier molecular flexibility index (Phi) is 8.55. The average Bonchev–Trinajstić information content (AvgIpc) is 3.09. The highest BCUT2D eigenvalue weighted by Crippen LogP contribution is 2.37. The fourth-order valence-corrected chi connectivity index (χ4v) is 4.64. The van der Waals surface area contributed by atoms with Crippen LogP contribution in [-0.4, -0.2) is 83.6 Å². The van der Waals surface area contributed by atoms with Gasteiger partial charge in [-0.25, -0.2) is 22.8 Å². The van der Waals surface area contributed by atoms with Gasteiger partial charge in [0.05, 0.1) is 36.1 Å². The molecule has 3 rings (SSSR count). The van der Waals surface area contributed by atoms with Gasteiger partial charge >= 0.3 is 18.0 Å². The summed E-state index contributed by atoms with van der Waals surface area (Å²) in [5.41, 5.74) is 0.113. The monoisotopic (exact) mass is 547 g/mol. The van der Waals surface area contributed by atoms with Crippen LogP contribution in [0.15, 0.2) is 58.8 Å². The molecule has 0 N–H and O–H groups in total. The van der Waals surface area contributed by atoms with E-state index in [9.17, 15) is 22.8 Å². The zero-order valence-electron chi connectivity index (χ0n) is 22.4. The number of methoxy groups -OCH3 is 2. The number of rotatable bonds is 5. The average molecular weight is 548 g/mol. The molecule has 0 aliphatic carbocycles. The largest absolute Gasteiger partial charge is 0.465 e. The minimum atomic E-state index is -3.61. The summed E-state index contributed by atoms with van der Waals surface area (Å²) in [6.07, 6.45) is 6.81. The second kappa shape index (κ2) is 11.3. The number of carbonyl (C=O) groups excluding carboxylic acids is 3. The number of anilines is 2. The molecular formula is C26H33N3O8S. The summed E-state index contributed by atoms with van der Waals surface area (Å²) in [5.74, 6) is -1.57. The first kappa shape index (κ1) is 28.8. The molecular weight excluding hydrogens is 514 g/mol. The Hall–Kier alpha value is -3.80. The van der Waals surface area contributed by atoms with Gasteiger partial charge in [-0.2, -0.15) is 0 Å². The van der Waals surface area contributed by atoms with Crippen LogP contribution in [0.2, 0.25) is 0 Å². The number of allylic oxidation sites excluding steroid dienone is 2. The molecule has 1 aromatic carbocycles. The number of ether oxygens (including phenoxy) is 3. The molecule has 0 bridgehead atoms. The van der Waals surface area contributed by atoms with Crippen molar-refractivity contribution in [3.63, 3.8) is 0 Å². The lowest BCUT2D eigenvalue weighted by Crippen LogP contribution is -2.50. The van der Waals surface area contributed by atoms with E-state index in [1.165, 1.54) is 37.3 Å². The normalized spacial score (nSPS) is 16.3. The maximum Gasteiger partial charge on any atom is 0.410 e. The molecule has 1 fully saturated rings. The van der Waals surface area contributed by atoms with Crippen molar-refractivity contribution in [3.05, 3.63) is 53.9 Å². The quantitative estimate of drug-likeness (QED) is 0.402. The molecule has 0 saturated carbocycles. The van der Waals surface area contributed by atoms with Crippen LogP contribution in [0.3, 0.4) is 0 Å². The maximum atomic E-state index is 12.9. The van der Waals surface area contributed by atoms with Crippen LogP contribution < -0.4 is 9.80 Å². The van der Waals surface area contributed by atoms with Crippen molar-refractivity contribution < 1.29 is 37.0 Å². The topological polar surface area (TPSA) is 123 Å². The van der Waals surface area contributed by atoms with Crippen molar-refractivity contribution in [2.24, 2.45) is 0 Å². The molecule has 0 atom stereocenters. The number of esters is 2. The smallest absolute Gasteiger partial charge is 0.410 e. The first-order valence-electron chi connectivity index (χ1n) is 11.9. The zero-order valence-corrected chi connectivity index (χ0v) is 23.2. The van der Waals surface area contributed by atoms with Crippen LogP contribution in [0.25, 0.3) is 0 Å². The molecule has 12 heteroatoms. The zero-order chi connectivity index (χ0) is 28.3. The number of amides is 1. The predicted octanol–water partition coefficient (Wildman–Crippen LogP) is 2.64. The molecule has 2 aliphatic heterocycles. The number of hydrogen-bond acceptors (Lipinski definition) is 10. The number of carbonyl (C=O) groups is 3. The number of benzene rings is 1. The summed E-state index contributed by atoms with van der Waals surface area (Å²) >= 11 is 0. The SMILES string of the molecule is COC(=O)C1=C(C(=O)OC)N(c2cc(S(C)(=O)=O)ccc2N2CCN(C(=O)OC(C)(C)C)CC2)C=CC=C1. The summed E-state index contributed by atoms with van der Waals surface area (Å²) in [5, 5.41) is 0. The van der Waals surface area contributed by atoms with Crippen molar-refractivity contribution in [1.82, 2.24) is 4.90 Å². The van der Waals surface area contributed by atoms with E-state index in [-0.39, 0.29) is 16.2 Å². The van der Waals surface area contributed by atoms with Crippen LogP contribution in [0.4, 0.5) is 16.2 Å². The highest BCUT2D eigenvalue weighted by Gasteiger charge is 2.32. The molecule has 1 saturated heterocycles. The molecule has 38 heavy (non-hydrogen) atoms. The molecule has 2 aliphatic rings. The molecule has 2 heterocycles. The minimum absolute atomic E-state index is 0.0260. The van der Waals surface area contributed by atoms with E-state index >= 15 is 0 Å². The summed E-state index contributed by atoms with van der Waals surface area (Å²) in [6.45, 7) is 6.97. The van der Waals surface area contributed by atoms with Crippen LogP contribution in [0, 0.1) is 0 Å². The Balaban J connectivity index is 2.09. The summed E-state index contributed by atoms with van der Waals surface area (Å²) in [6, 6.07) is 4.57. The van der Waals surface area contributed by atoms with Gasteiger partial charge in [0.25, 0.3) is 0 Å².